The lowest BCUT2D eigenvalue weighted by atomic mass is 10.2. The van der Waals surface area contributed by atoms with Gasteiger partial charge in [-0.2, -0.15) is 5.10 Å². The minimum atomic E-state index is 0.450. The van der Waals surface area contributed by atoms with Crippen molar-refractivity contribution in [1.29, 1.82) is 0 Å². The van der Waals surface area contributed by atoms with Gasteiger partial charge in [0.15, 0.2) is 10.4 Å². The topological polar surface area (TPSA) is 43.0 Å². The summed E-state index contributed by atoms with van der Waals surface area (Å²) in [5.41, 5.74) is 2.04. The fraction of sp³-hybridized carbons (Fsp3) is 0.417. The van der Waals surface area contributed by atoms with Crippen LogP contribution in [0.25, 0.3) is 11.5 Å². The Kier molecular flexibility index (Phi) is 3.69. The number of furan rings is 1. The van der Waals surface area contributed by atoms with Crippen LogP contribution in [0.3, 0.4) is 0 Å². The van der Waals surface area contributed by atoms with Crippen molar-refractivity contribution in [2.24, 2.45) is 7.05 Å². The van der Waals surface area contributed by atoms with E-state index >= 15 is 0 Å². The van der Waals surface area contributed by atoms with E-state index in [0.29, 0.717) is 6.04 Å². The first-order chi connectivity index (χ1) is 8.06. The van der Waals surface area contributed by atoms with E-state index < -0.39 is 0 Å². The van der Waals surface area contributed by atoms with Gasteiger partial charge in [0, 0.05) is 31.4 Å². The standard InChI is InChI=1S/C12H16BrN3O/c1-8(2)14-6-9-7-16(3)15-12(9)10-4-5-11(13)17-10/h4-5,7-8,14H,6H2,1-3H3. The highest BCUT2D eigenvalue weighted by atomic mass is 79.9. The van der Waals surface area contributed by atoms with E-state index in [-0.39, 0.29) is 0 Å². The van der Waals surface area contributed by atoms with Crippen LogP contribution < -0.4 is 5.32 Å². The average Bonchev–Trinajstić information content (AvgIpc) is 2.81. The molecule has 5 heteroatoms. The van der Waals surface area contributed by atoms with Crippen molar-refractivity contribution >= 4 is 15.9 Å². The Labute approximate surface area is 109 Å². The normalized spacial score (nSPS) is 11.4. The number of nitrogens with one attached hydrogen (secondary N) is 1. The molecule has 0 saturated heterocycles. The van der Waals surface area contributed by atoms with Gasteiger partial charge >= 0.3 is 0 Å². The molecule has 0 aliphatic heterocycles. The number of rotatable bonds is 4. The smallest absolute Gasteiger partial charge is 0.169 e. The zero-order chi connectivity index (χ0) is 12.4. The predicted octanol–water partition coefficient (Wildman–Crippen LogP) is 2.94. The zero-order valence-corrected chi connectivity index (χ0v) is 11.8. The molecule has 2 aromatic heterocycles. The van der Waals surface area contributed by atoms with E-state index in [9.17, 15) is 0 Å². The Bertz CT molecular complexity index is 502. The van der Waals surface area contributed by atoms with Gasteiger partial charge in [0.2, 0.25) is 0 Å². The largest absolute Gasteiger partial charge is 0.448 e. The Morgan fingerprint density at radius 1 is 1.47 bits per heavy atom. The van der Waals surface area contributed by atoms with Crippen molar-refractivity contribution < 1.29 is 4.42 Å². The molecule has 0 unspecified atom stereocenters. The van der Waals surface area contributed by atoms with Gasteiger partial charge in [-0.25, -0.2) is 0 Å². The van der Waals surface area contributed by atoms with Crippen molar-refractivity contribution in [3.63, 3.8) is 0 Å². The molecule has 0 bridgehead atoms. The van der Waals surface area contributed by atoms with Gasteiger partial charge in [-0.1, -0.05) is 13.8 Å². The maximum Gasteiger partial charge on any atom is 0.169 e. The van der Waals surface area contributed by atoms with Crippen molar-refractivity contribution in [3.05, 3.63) is 28.6 Å². The molecule has 0 aliphatic rings. The van der Waals surface area contributed by atoms with Crippen molar-refractivity contribution in [2.45, 2.75) is 26.4 Å². The maximum atomic E-state index is 5.54. The fourth-order valence-corrected chi connectivity index (χ4v) is 1.94. The molecule has 1 N–H and O–H groups in total. The molecule has 2 heterocycles. The summed E-state index contributed by atoms with van der Waals surface area (Å²) in [4.78, 5) is 0. The van der Waals surface area contributed by atoms with Crippen molar-refractivity contribution in [2.75, 3.05) is 0 Å². The highest BCUT2D eigenvalue weighted by Crippen LogP contribution is 2.26. The molecule has 0 aromatic carbocycles. The van der Waals surface area contributed by atoms with E-state index in [1.54, 1.807) is 0 Å². The molecule has 0 amide bonds. The fourth-order valence-electron chi connectivity index (χ4n) is 1.63. The summed E-state index contributed by atoms with van der Waals surface area (Å²) in [5.74, 6) is 0.790. The second-order valence-corrected chi connectivity index (χ2v) is 5.10. The van der Waals surface area contributed by atoms with Crippen LogP contribution in [0.5, 0.6) is 0 Å². The second kappa shape index (κ2) is 5.06. The van der Waals surface area contributed by atoms with E-state index in [0.717, 1.165) is 28.2 Å². The van der Waals surface area contributed by atoms with Gasteiger partial charge in [0.1, 0.15) is 5.69 Å². The molecular formula is C12H16BrN3O. The SMILES string of the molecule is CC(C)NCc1cn(C)nc1-c1ccc(Br)o1. The summed E-state index contributed by atoms with van der Waals surface area (Å²) in [6.45, 7) is 5.04. The maximum absolute atomic E-state index is 5.54. The monoisotopic (exact) mass is 297 g/mol. The van der Waals surface area contributed by atoms with E-state index in [1.807, 2.05) is 30.1 Å². The first kappa shape index (κ1) is 12.4. The Morgan fingerprint density at radius 3 is 2.82 bits per heavy atom. The first-order valence-electron chi connectivity index (χ1n) is 5.58. The molecule has 0 saturated carbocycles. The minimum absolute atomic E-state index is 0.450. The molecule has 2 rings (SSSR count). The first-order valence-corrected chi connectivity index (χ1v) is 6.37. The van der Waals surface area contributed by atoms with Crippen LogP contribution >= 0.6 is 15.9 Å². The van der Waals surface area contributed by atoms with Crippen LogP contribution in [-0.4, -0.2) is 15.8 Å². The van der Waals surface area contributed by atoms with Crippen molar-refractivity contribution in [3.8, 4) is 11.5 Å². The van der Waals surface area contributed by atoms with E-state index in [1.165, 1.54) is 0 Å². The quantitative estimate of drug-likeness (QED) is 0.943. The molecule has 0 fully saturated rings. The molecule has 0 aliphatic carbocycles. The van der Waals surface area contributed by atoms with E-state index in [2.05, 4.69) is 40.2 Å². The van der Waals surface area contributed by atoms with Gasteiger partial charge in [0.05, 0.1) is 0 Å². The number of aromatic nitrogens is 2. The van der Waals surface area contributed by atoms with Gasteiger partial charge < -0.3 is 9.73 Å². The van der Waals surface area contributed by atoms with Crippen LogP contribution in [0.1, 0.15) is 19.4 Å². The summed E-state index contributed by atoms with van der Waals surface area (Å²) in [5, 5.41) is 7.82. The van der Waals surface area contributed by atoms with Crippen LogP contribution in [-0.2, 0) is 13.6 Å². The highest BCUT2D eigenvalue weighted by molar-refractivity contribution is 9.10. The average molecular weight is 298 g/mol. The van der Waals surface area contributed by atoms with Gasteiger partial charge in [-0.3, -0.25) is 4.68 Å². The van der Waals surface area contributed by atoms with Crippen molar-refractivity contribution in [1.82, 2.24) is 15.1 Å². The van der Waals surface area contributed by atoms with Crippen LogP contribution in [0.2, 0.25) is 0 Å². The van der Waals surface area contributed by atoms with Gasteiger partial charge in [-0.15, -0.1) is 0 Å². The number of hydrogen-bond acceptors (Lipinski definition) is 3. The minimum Gasteiger partial charge on any atom is -0.448 e. The number of nitrogens with zero attached hydrogens (tertiary/aromatic N) is 2. The molecule has 0 radical (unpaired) electrons. The predicted molar refractivity (Wildman–Crippen MR) is 70.6 cm³/mol. The molecule has 92 valence electrons. The molecular weight excluding hydrogens is 282 g/mol. The van der Waals surface area contributed by atoms with Crippen LogP contribution in [0.4, 0.5) is 0 Å². The molecule has 2 aromatic rings. The third-order valence-corrected chi connectivity index (χ3v) is 2.84. The number of hydrogen-bond donors (Lipinski definition) is 1. The molecule has 0 spiro atoms. The lowest BCUT2D eigenvalue weighted by molar-refractivity contribution is 0.549. The Balaban J connectivity index is 2.27. The second-order valence-electron chi connectivity index (χ2n) is 4.32. The Hall–Kier alpha value is -1.07. The highest BCUT2D eigenvalue weighted by Gasteiger charge is 2.13. The van der Waals surface area contributed by atoms with E-state index in [4.69, 9.17) is 4.42 Å². The number of halogens is 1. The lowest BCUT2D eigenvalue weighted by Gasteiger charge is -2.06. The summed E-state index contributed by atoms with van der Waals surface area (Å²) in [6, 6.07) is 4.25. The molecule has 4 nitrogen and oxygen atoms in total. The zero-order valence-electron chi connectivity index (χ0n) is 10.2. The Morgan fingerprint density at radius 2 is 2.24 bits per heavy atom. The lowest BCUT2D eigenvalue weighted by Crippen LogP contribution is -2.21. The summed E-state index contributed by atoms with van der Waals surface area (Å²) in [7, 11) is 1.92. The van der Waals surface area contributed by atoms with Crippen LogP contribution in [0.15, 0.2) is 27.4 Å². The summed E-state index contributed by atoms with van der Waals surface area (Å²) >= 11 is 3.31. The van der Waals surface area contributed by atoms with Gasteiger partial charge in [-0.05, 0) is 28.1 Å². The third-order valence-electron chi connectivity index (χ3n) is 2.41. The third kappa shape index (κ3) is 2.98. The summed E-state index contributed by atoms with van der Waals surface area (Å²) < 4.78 is 8.08. The number of aryl methyl sites for hydroxylation is 1. The van der Waals surface area contributed by atoms with Crippen LogP contribution in [0, 0.1) is 0 Å². The summed E-state index contributed by atoms with van der Waals surface area (Å²) in [6.07, 6.45) is 2.02. The van der Waals surface area contributed by atoms with Gasteiger partial charge in [0.25, 0.3) is 0 Å². The molecule has 17 heavy (non-hydrogen) atoms. The molecule has 0 atom stereocenters.